The van der Waals surface area contributed by atoms with Crippen LogP contribution in [0.3, 0.4) is 0 Å². The molecule has 0 unspecified atom stereocenters. The van der Waals surface area contributed by atoms with Crippen LogP contribution in [0.5, 0.6) is 0 Å². The lowest BCUT2D eigenvalue weighted by atomic mass is 10.4. The number of halogens is 2. The van der Waals surface area contributed by atoms with Gasteiger partial charge in [0.1, 0.15) is 0 Å². The average molecular weight is 268 g/mol. The van der Waals surface area contributed by atoms with E-state index in [2.05, 4.69) is 15.9 Å². The molecule has 1 N–H and O–H groups in total. The van der Waals surface area contributed by atoms with Crippen LogP contribution in [-0.4, -0.2) is 11.1 Å². The smallest absolute Gasteiger partial charge is 0.329 e. The largest absolute Gasteiger partial charge is 0.478 e. The van der Waals surface area contributed by atoms with Crippen LogP contribution in [0.1, 0.15) is 4.88 Å². The Morgan fingerprint density at radius 1 is 1.75 bits per heavy atom. The lowest BCUT2D eigenvalue weighted by Crippen LogP contribution is -1.86. The Labute approximate surface area is 86.6 Å². The van der Waals surface area contributed by atoms with Crippen LogP contribution in [-0.2, 0) is 4.79 Å². The van der Waals surface area contributed by atoms with Crippen LogP contribution in [0.2, 0.25) is 0 Å². The predicted molar refractivity (Wildman–Crippen MR) is 53.5 cm³/mol. The Morgan fingerprint density at radius 2 is 2.42 bits per heavy atom. The summed E-state index contributed by atoms with van der Waals surface area (Å²) in [5, 5.41) is 10.5. The quantitative estimate of drug-likeness (QED) is 0.836. The van der Waals surface area contributed by atoms with Crippen LogP contribution in [0.25, 0.3) is 5.03 Å². The first kappa shape index (κ1) is 9.77. The fourth-order valence-electron chi connectivity index (χ4n) is 0.618. The molecule has 0 amide bonds. The third-order valence-corrected chi connectivity index (χ3v) is 3.20. The Kier molecular flexibility index (Phi) is 3.31. The van der Waals surface area contributed by atoms with Gasteiger partial charge in [0.15, 0.2) is 0 Å². The maximum Gasteiger partial charge on any atom is 0.329 e. The van der Waals surface area contributed by atoms with E-state index in [0.717, 1.165) is 15.4 Å². The zero-order valence-corrected chi connectivity index (χ0v) is 8.91. The van der Waals surface area contributed by atoms with Crippen LogP contribution < -0.4 is 0 Å². The number of carbonyl (C=O) groups is 1. The molecule has 1 heterocycles. The van der Waals surface area contributed by atoms with Gasteiger partial charge in [0, 0.05) is 20.8 Å². The van der Waals surface area contributed by atoms with Crippen molar-refractivity contribution in [1.29, 1.82) is 0 Å². The molecule has 0 saturated carbocycles. The van der Waals surface area contributed by atoms with Crippen molar-refractivity contribution in [2.24, 2.45) is 0 Å². The van der Waals surface area contributed by atoms with Crippen LogP contribution >= 0.6 is 38.9 Å². The molecule has 0 aromatic carbocycles. The van der Waals surface area contributed by atoms with E-state index in [1.807, 2.05) is 5.38 Å². The number of hydrogen-bond donors (Lipinski definition) is 1. The highest BCUT2D eigenvalue weighted by Crippen LogP contribution is 2.28. The van der Waals surface area contributed by atoms with Gasteiger partial charge in [0.05, 0.1) is 5.03 Å². The van der Waals surface area contributed by atoms with Crippen molar-refractivity contribution in [3.8, 4) is 0 Å². The number of hydrogen-bond acceptors (Lipinski definition) is 2. The number of rotatable bonds is 2. The molecule has 2 nitrogen and oxygen atoms in total. The summed E-state index contributed by atoms with van der Waals surface area (Å²) >= 11 is 10.3. The Balaban J connectivity index is 2.91. The second-order valence-corrected chi connectivity index (χ2v) is 4.19. The summed E-state index contributed by atoms with van der Waals surface area (Å²) in [5.74, 6) is -1.04. The molecule has 0 aliphatic rings. The molecule has 0 radical (unpaired) electrons. The summed E-state index contributed by atoms with van der Waals surface area (Å²) in [6.45, 7) is 0. The summed E-state index contributed by atoms with van der Waals surface area (Å²) in [5.41, 5.74) is 0. The van der Waals surface area contributed by atoms with Gasteiger partial charge in [-0.15, -0.1) is 11.3 Å². The Morgan fingerprint density at radius 3 is 2.83 bits per heavy atom. The van der Waals surface area contributed by atoms with E-state index in [4.69, 9.17) is 16.7 Å². The molecule has 0 atom stereocenters. The number of aliphatic carboxylic acids is 1. The van der Waals surface area contributed by atoms with Crippen LogP contribution in [0.15, 0.2) is 22.0 Å². The number of carboxylic acid groups (broad SMARTS) is 1. The van der Waals surface area contributed by atoms with Crippen molar-refractivity contribution < 1.29 is 9.90 Å². The monoisotopic (exact) mass is 266 g/mol. The van der Waals surface area contributed by atoms with Gasteiger partial charge in [-0.3, -0.25) is 0 Å². The van der Waals surface area contributed by atoms with E-state index >= 15 is 0 Å². The second-order valence-electron chi connectivity index (χ2n) is 1.96. The minimum Gasteiger partial charge on any atom is -0.478 e. The molecule has 0 saturated heterocycles. The van der Waals surface area contributed by atoms with Gasteiger partial charge in [0.25, 0.3) is 0 Å². The molecule has 12 heavy (non-hydrogen) atoms. The topological polar surface area (TPSA) is 37.3 Å². The third kappa shape index (κ3) is 2.62. The van der Waals surface area contributed by atoms with Crippen molar-refractivity contribution in [3.63, 3.8) is 0 Å². The van der Waals surface area contributed by atoms with Gasteiger partial charge in [-0.2, -0.15) is 0 Å². The second kappa shape index (κ2) is 4.07. The van der Waals surface area contributed by atoms with Gasteiger partial charge in [0.2, 0.25) is 0 Å². The Bertz CT molecular complexity index is 332. The molecule has 0 aliphatic carbocycles. The van der Waals surface area contributed by atoms with Crippen LogP contribution in [0, 0.1) is 0 Å². The Hall–Kier alpha value is -0.320. The highest BCUT2D eigenvalue weighted by Gasteiger charge is 2.03. The van der Waals surface area contributed by atoms with E-state index in [9.17, 15) is 4.79 Å². The predicted octanol–water partition coefficient (Wildman–Crippen LogP) is 3.17. The maximum absolute atomic E-state index is 10.2. The van der Waals surface area contributed by atoms with Gasteiger partial charge in [-0.05, 0) is 22.0 Å². The normalized spacial score (nSPS) is 11.7. The molecular weight excluding hydrogens is 263 g/mol. The summed E-state index contributed by atoms with van der Waals surface area (Å²) in [7, 11) is 0. The zero-order chi connectivity index (χ0) is 9.14. The molecule has 0 fully saturated rings. The summed E-state index contributed by atoms with van der Waals surface area (Å²) in [4.78, 5) is 11.0. The number of thiophene rings is 1. The minimum atomic E-state index is -1.04. The first-order valence-electron chi connectivity index (χ1n) is 2.94. The van der Waals surface area contributed by atoms with Crippen molar-refractivity contribution >= 4 is 49.9 Å². The highest BCUT2D eigenvalue weighted by molar-refractivity contribution is 9.10. The molecule has 64 valence electrons. The van der Waals surface area contributed by atoms with E-state index in [1.54, 1.807) is 6.07 Å². The standard InChI is InChI=1S/C7H4BrClO2S/c8-4-1-6(12-3-4)5(9)2-7(10)11/h1-3H,(H,10,11)/b5-2+. The third-order valence-electron chi connectivity index (χ3n) is 1.05. The molecular formula is C7H4BrClO2S. The molecule has 0 aliphatic heterocycles. The molecule has 0 bridgehead atoms. The summed E-state index contributed by atoms with van der Waals surface area (Å²) in [6, 6.07) is 1.77. The zero-order valence-electron chi connectivity index (χ0n) is 5.75. The van der Waals surface area contributed by atoms with Gasteiger partial charge >= 0.3 is 5.97 Å². The fourth-order valence-corrected chi connectivity index (χ4v) is 2.23. The van der Waals surface area contributed by atoms with Crippen molar-refractivity contribution in [2.75, 3.05) is 0 Å². The van der Waals surface area contributed by atoms with Gasteiger partial charge in [-0.1, -0.05) is 11.6 Å². The minimum absolute atomic E-state index is 0.248. The van der Waals surface area contributed by atoms with Crippen molar-refractivity contribution in [3.05, 3.63) is 26.9 Å². The van der Waals surface area contributed by atoms with Gasteiger partial charge < -0.3 is 5.11 Å². The number of carboxylic acids is 1. The van der Waals surface area contributed by atoms with Crippen LogP contribution in [0.4, 0.5) is 0 Å². The molecule has 5 heteroatoms. The maximum atomic E-state index is 10.2. The molecule has 0 spiro atoms. The van der Waals surface area contributed by atoms with Gasteiger partial charge in [-0.25, -0.2) is 4.79 Å². The molecule has 1 aromatic rings. The van der Waals surface area contributed by atoms with E-state index < -0.39 is 5.97 Å². The molecule has 1 rings (SSSR count). The highest BCUT2D eigenvalue weighted by atomic mass is 79.9. The summed E-state index contributed by atoms with van der Waals surface area (Å²) in [6.07, 6.45) is 0.972. The lowest BCUT2D eigenvalue weighted by molar-refractivity contribution is -0.131. The molecule has 1 aromatic heterocycles. The van der Waals surface area contributed by atoms with E-state index in [0.29, 0.717) is 0 Å². The average Bonchev–Trinajstić information content (AvgIpc) is 2.34. The summed E-state index contributed by atoms with van der Waals surface area (Å²) < 4.78 is 0.902. The first-order valence-corrected chi connectivity index (χ1v) is 4.99. The SMILES string of the molecule is O=C(O)/C=C(/Cl)c1cc(Br)cs1. The fraction of sp³-hybridized carbons (Fsp3) is 0. The van der Waals surface area contributed by atoms with Crippen molar-refractivity contribution in [1.82, 2.24) is 0 Å². The van der Waals surface area contributed by atoms with Crippen molar-refractivity contribution in [2.45, 2.75) is 0 Å². The van der Waals surface area contributed by atoms with E-state index in [-0.39, 0.29) is 5.03 Å². The van der Waals surface area contributed by atoms with E-state index in [1.165, 1.54) is 11.3 Å². The first-order chi connectivity index (χ1) is 5.59. The lowest BCUT2D eigenvalue weighted by Gasteiger charge is -1.89.